The summed E-state index contributed by atoms with van der Waals surface area (Å²) in [5, 5.41) is 0. The Balaban J connectivity index is 2.11. The van der Waals surface area contributed by atoms with E-state index in [-0.39, 0.29) is 11.1 Å². The highest BCUT2D eigenvalue weighted by atomic mass is 32.2. The lowest BCUT2D eigenvalue weighted by Gasteiger charge is -2.21. The van der Waals surface area contributed by atoms with Crippen LogP contribution in [0.5, 0.6) is 5.75 Å². The van der Waals surface area contributed by atoms with Crippen molar-refractivity contribution < 1.29 is 17.9 Å². The van der Waals surface area contributed by atoms with Crippen molar-refractivity contribution in [2.75, 3.05) is 5.75 Å². The van der Waals surface area contributed by atoms with Crippen LogP contribution < -0.4 is 4.74 Å². The SMILES string of the molecule is CCSc1cc(OC(C)(C)C)cnc1-c1nc2cc(C(F)(F)F)ncc2n1C. The number of aromatic nitrogens is 4. The van der Waals surface area contributed by atoms with E-state index in [1.165, 1.54) is 6.20 Å². The van der Waals surface area contributed by atoms with Crippen LogP contribution in [-0.4, -0.2) is 30.9 Å². The summed E-state index contributed by atoms with van der Waals surface area (Å²) in [4.78, 5) is 13.3. The van der Waals surface area contributed by atoms with Gasteiger partial charge in [0, 0.05) is 11.9 Å². The maximum absolute atomic E-state index is 13.0. The van der Waals surface area contributed by atoms with Crippen molar-refractivity contribution in [3.8, 4) is 17.3 Å². The van der Waals surface area contributed by atoms with Gasteiger partial charge < -0.3 is 9.30 Å². The van der Waals surface area contributed by atoms with E-state index in [2.05, 4.69) is 15.0 Å². The molecule has 5 nitrogen and oxygen atoms in total. The molecule has 3 aromatic heterocycles. The molecule has 0 aliphatic heterocycles. The highest BCUT2D eigenvalue weighted by Gasteiger charge is 2.33. The molecule has 0 aromatic carbocycles. The second-order valence-electron chi connectivity index (χ2n) is 7.22. The molecule has 150 valence electrons. The minimum Gasteiger partial charge on any atom is -0.486 e. The van der Waals surface area contributed by atoms with Gasteiger partial charge in [0.15, 0.2) is 5.82 Å². The summed E-state index contributed by atoms with van der Waals surface area (Å²) < 4.78 is 46.5. The summed E-state index contributed by atoms with van der Waals surface area (Å²) in [6.07, 6.45) is -1.71. The van der Waals surface area contributed by atoms with Gasteiger partial charge in [0.05, 0.1) is 23.4 Å². The number of rotatable bonds is 4. The van der Waals surface area contributed by atoms with E-state index in [1.807, 2.05) is 33.8 Å². The van der Waals surface area contributed by atoms with Gasteiger partial charge in [-0.1, -0.05) is 6.92 Å². The summed E-state index contributed by atoms with van der Waals surface area (Å²) in [6, 6.07) is 2.85. The predicted molar refractivity (Wildman–Crippen MR) is 104 cm³/mol. The summed E-state index contributed by atoms with van der Waals surface area (Å²) in [7, 11) is 1.74. The first-order valence-electron chi connectivity index (χ1n) is 8.71. The summed E-state index contributed by atoms with van der Waals surface area (Å²) in [5.41, 5.74) is 0.000899. The molecule has 0 fully saturated rings. The Kier molecular flexibility index (Phi) is 5.31. The molecule has 28 heavy (non-hydrogen) atoms. The molecule has 3 rings (SSSR count). The number of nitrogens with zero attached hydrogens (tertiary/aromatic N) is 4. The third-order valence-corrected chi connectivity index (χ3v) is 4.73. The van der Waals surface area contributed by atoms with Gasteiger partial charge in [-0.15, -0.1) is 11.8 Å². The molecule has 0 saturated heterocycles. The number of imidazole rings is 1. The fourth-order valence-corrected chi connectivity index (χ4v) is 3.52. The molecular weight excluding hydrogens is 389 g/mol. The van der Waals surface area contributed by atoms with Gasteiger partial charge in [-0.25, -0.2) is 15.0 Å². The van der Waals surface area contributed by atoms with E-state index in [0.29, 0.717) is 22.8 Å². The van der Waals surface area contributed by atoms with Crippen LogP contribution >= 0.6 is 11.8 Å². The highest BCUT2D eigenvalue weighted by molar-refractivity contribution is 7.99. The fourth-order valence-electron chi connectivity index (χ4n) is 2.72. The van der Waals surface area contributed by atoms with Crippen molar-refractivity contribution in [2.24, 2.45) is 7.05 Å². The van der Waals surface area contributed by atoms with Gasteiger partial charge in [-0.2, -0.15) is 13.2 Å². The van der Waals surface area contributed by atoms with Crippen LogP contribution in [0.1, 0.15) is 33.4 Å². The third-order valence-electron chi connectivity index (χ3n) is 3.82. The standard InChI is InChI=1S/C19H21F3N4OS/c1-6-28-14-7-11(27-18(2,3)4)9-24-16(14)17-25-12-8-15(19(20,21)22)23-10-13(12)26(17)5/h7-10H,6H2,1-5H3. The van der Waals surface area contributed by atoms with Gasteiger partial charge in [-0.05, 0) is 38.7 Å². The van der Waals surface area contributed by atoms with Crippen LogP contribution in [0.15, 0.2) is 29.4 Å². The minimum atomic E-state index is -4.51. The van der Waals surface area contributed by atoms with Crippen LogP contribution in [0.3, 0.4) is 0 Å². The Bertz CT molecular complexity index is 1010. The number of fused-ring (bicyclic) bond motifs is 1. The number of thioether (sulfide) groups is 1. The Morgan fingerprint density at radius 2 is 1.82 bits per heavy atom. The largest absolute Gasteiger partial charge is 0.486 e. The van der Waals surface area contributed by atoms with Gasteiger partial charge in [0.2, 0.25) is 0 Å². The average Bonchev–Trinajstić information content (AvgIpc) is 2.89. The molecule has 3 aromatic rings. The van der Waals surface area contributed by atoms with Crippen LogP contribution in [0.2, 0.25) is 0 Å². The van der Waals surface area contributed by atoms with Crippen molar-refractivity contribution in [2.45, 2.75) is 44.4 Å². The molecule has 0 amide bonds. The molecule has 0 radical (unpaired) electrons. The van der Waals surface area contributed by atoms with Crippen LogP contribution in [0.4, 0.5) is 13.2 Å². The maximum atomic E-state index is 13.0. The van der Waals surface area contributed by atoms with Crippen molar-refractivity contribution in [3.63, 3.8) is 0 Å². The molecule has 0 aliphatic carbocycles. The zero-order chi connectivity index (χ0) is 20.7. The third kappa shape index (κ3) is 4.24. The van der Waals surface area contributed by atoms with Crippen LogP contribution in [-0.2, 0) is 13.2 Å². The second-order valence-corrected chi connectivity index (χ2v) is 8.52. The molecular formula is C19H21F3N4OS. The van der Waals surface area contributed by atoms with Crippen molar-refractivity contribution >= 4 is 22.8 Å². The van der Waals surface area contributed by atoms with E-state index in [0.717, 1.165) is 16.7 Å². The molecule has 0 bridgehead atoms. The first-order chi connectivity index (χ1) is 13.0. The summed E-state index contributed by atoms with van der Waals surface area (Å²) in [6.45, 7) is 7.86. The number of ether oxygens (including phenoxy) is 1. The number of hydrogen-bond acceptors (Lipinski definition) is 5. The van der Waals surface area contributed by atoms with Crippen LogP contribution in [0, 0.1) is 0 Å². The maximum Gasteiger partial charge on any atom is 0.433 e. The molecule has 0 spiro atoms. The van der Waals surface area contributed by atoms with Crippen molar-refractivity contribution in [3.05, 3.63) is 30.2 Å². The highest BCUT2D eigenvalue weighted by Crippen LogP contribution is 2.35. The number of pyridine rings is 2. The zero-order valence-corrected chi connectivity index (χ0v) is 17.1. The number of alkyl halides is 3. The van der Waals surface area contributed by atoms with Crippen molar-refractivity contribution in [1.29, 1.82) is 0 Å². The number of hydrogen-bond donors (Lipinski definition) is 0. The number of halogens is 3. The summed E-state index contributed by atoms with van der Waals surface area (Å²) >= 11 is 1.57. The smallest absolute Gasteiger partial charge is 0.433 e. The average molecular weight is 410 g/mol. The Hall–Kier alpha value is -2.29. The van der Waals surface area contributed by atoms with E-state index in [4.69, 9.17) is 4.74 Å². The van der Waals surface area contributed by atoms with E-state index < -0.39 is 11.9 Å². The monoisotopic (exact) mass is 410 g/mol. The lowest BCUT2D eigenvalue weighted by molar-refractivity contribution is -0.141. The molecule has 9 heteroatoms. The van der Waals surface area contributed by atoms with Gasteiger partial charge in [-0.3, -0.25) is 0 Å². The molecule has 3 heterocycles. The Morgan fingerprint density at radius 3 is 2.43 bits per heavy atom. The molecule has 0 N–H and O–H groups in total. The lowest BCUT2D eigenvalue weighted by atomic mass is 10.2. The molecule has 0 unspecified atom stereocenters. The quantitative estimate of drug-likeness (QED) is 0.544. The summed E-state index contributed by atoms with van der Waals surface area (Å²) in [5.74, 6) is 1.92. The normalized spacial score (nSPS) is 12.6. The van der Waals surface area contributed by atoms with Crippen molar-refractivity contribution in [1.82, 2.24) is 19.5 Å². The van der Waals surface area contributed by atoms with E-state index >= 15 is 0 Å². The van der Waals surface area contributed by atoms with Gasteiger partial charge in [0.1, 0.15) is 22.7 Å². The number of aryl methyl sites for hydroxylation is 1. The fraction of sp³-hybridized carbons (Fsp3) is 0.421. The predicted octanol–water partition coefficient (Wildman–Crippen LogP) is 5.34. The molecule has 0 saturated carbocycles. The van der Waals surface area contributed by atoms with E-state index in [1.54, 1.807) is 29.6 Å². The first kappa shape index (κ1) is 20.4. The zero-order valence-electron chi connectivity index (χ0n) is 16.3. The molecule has 0 atom stereocenters. The van der Waals surface area contributed by atoms with E-state index in [9.17, 15) is 13.2 Å². The Labute approximate surface area is 165 Å². The topological polar surface area (TPSA) is 52.8 Å². The Morgan fingerprint density at radius 1 is 1.11 bits per heavy atom. The minimum absolute atomic E-state index is 0.226. The van der Waals surface area contributed by atoms with Gasteiger partial charge in [0.25, 0.3) is 0 Å². The molecule has 0 aliphatic rings. The van der Waals surface area contributed by atoms with Gasteiger partial charge >= 0.3 is 6.18 Å². The second kappa shape index (κ2) is 7.27. The first-order valence-corrected chi connectivity index (χ1v) is 9.70. The lowest BCUT2D eigenvalue weighted by Crippen LogP contribution is -2.23. The van der Waals surface area contributed by atoms with Crippen LogP contribution in [0.25, 0.3) is 22.6 Å².